The summed E-state index contributed by atoms with van der Waals surface area (Å²) >= 11 is 0. The van der Waals surface area contributed by atoms with E-state index in [1.165, 1.54) is 59.3 Å². The molecule has 6 heteroatoms. The molecule has 4 bridgehead atoms. The molecule has 5 heterocycles. The predicted octanol–water partition coefficient (Wildman–Crippen LogP) is 9.50. The SMILES string of the molecule is c1cc(-c2nc(-n3c4ccccc4c4ccccc43)nc(-n3c4ccccc4c4ccccc43)n2)cc(N2C3CC4CC(C3)CC2C4)c1. The van der Waals surface area contributed by atoms with E-state index < -0.39 is 0 Å². The van der Waals surface area contributed by atoms with Gasteiger partial charge in [-0.25, -0.2) is 0 Å². The van der Waals surface area contributed by atoms with Gasteiger partial charge in [0.05, 0.1) is 22.1 Å². The van der Waals surface area contributed by atoms with Crippen LogP contribution in [-0.2, 0) is 0 Å². The smallest absolute Gasteiger partial charge is 0.240 e. The molecule has 8 aromatic rings. The Bertz CT molecular complexity index is 2290. The van der Waals surface area contributed by atoms with Crippen molar-refractivity contribution in [2.45, 2.75) is 44.2 Å². The third-order valence-electron chi connectivity index (χ3n) is 11.4. The maximum Gasteiger partial charge on any atom is 0.240 e. The van der Waals surface area contributed by atoms with Gasteiger partial charge in [0.1, 0.15) is 0 Å². The van der Waals surface area contributed by atoms with Crippen LogP contribution in [0.4, 0.5) is 5.69 Å². The lowest BCUT2D eigenvalue weighted by Crippen LogP contribution is -2.58. The van der Waals surface area contributed by atoms with Gasteiger partial charge in [0.25, 0.3) is 0 Å². The van der Waals surface area contributed by atoms with Crippen LogP contribution in [-0.4, -0.2) is 36.2 Å². The number of nitrogens with zero attached hydrogens (tertiary/aromatic N) is 6. The molecule has 0 spiro atoms. The summed E-state index contributed by atoms with van der Waals surface area (Å²) in [5.41, 5.74) is 6.65. The van der Waals surface area contributed by atoms with Gasteiger partial charge in [-0.05, 0) is 80.3 Å². The van der Waals surface area contributed by atoms with E-state index in [-0.39, 0.29) is 0 Å². The summed E-state index contributed by atoms with van der Waals surface area (Å²) in [5, 5.41) is 4.74. The molecule has 6 nitrogen and oxygen atoms in total. The molecule has 4 fully saturated rings. The zero-order valence-electron chi connectivity index (χ0n) is 26.6. The van der Waals surface area contributed by atoms with Crippen molar-refractivity contribution in [2.24, 2.45) is 11.8 Å². The van der Waals surface area contributed by atoms with Gasteiger partial charge in [0, 0.05) is 44.9 Å². The van der Waals surface area contributed by atoms with Crippen molar-refractivity contribution >= 4 is 49.3 Å². The number of rotatable bonds is 4. The lowest BCUT2D eigenvalue weighted by molar-refractivity contribution is 0.0900. The Morgan fingerprint density at radius 1 is 0.438 bits per heavy atom. The average Bonchev–Trinajstić information content (AvgIpc) is 3.64. The van der Waals surface area contributed by atoms with Crippen LogP contribution in [0.2, 0.25) is 0 Å². The summed E-state index contributed by atoms with van der Waals surface area (Å²) in [4.78, 5) is 18.7. The molecular weight excluding hydrogens is 589 g/mol. The van der Waals surface area contributed by atoms with E-state index in [0.717, 1.165) is 39.5 Å². The molecule has 0 N–H and O–H groups in total. The van der Waals surface area contributed by atoms with E-state index in [0.29, 0.717) is 29.8 Å². The molecule has 2 saturated carbocycles. The molecule has 0 amide bonds. The van der Waals surface area contributed by atoms with E-state index in [1.807, 2.05) is 0 Å². The van der Waals surface area contributed by atoms with Crippen molar-refractivity contribution < 1.29 is 0 Å². The Morgan fingerprint density at radius 2 is 0.875 bits per heavy atom. The minimum atomic E-state index is 0.620. The van der Waals surface area contributed by atoms with E-state index in [4.69, 9.17) is 15.0 Å². The molecule has 48 heavy (non-hydrogen) atoms. The highest BCUT2D eigenvalue weighted by Gasteiger charge is 2.46. The molecule has 232 valence electrons. The number of fused-ring (bicyclic) bond motifs is 6. The first-order chi connectivity index (χ1) is 23.8. The zero-order chi connectivity index (χ0) is 31.3. The van der Waals surface area contributed by atoms with Crippen LogP contribution in [0.1, 0.15) is 32.1 Å². The molecular formula is C42H34N6. The van der Waals surface area contributed by atoms with Crippen LogP contribution in [0.25, 0.3) is 66.9 Å². The number of hydrogen-bond acceptors (Lipinski definition) is 4. The zero-order valence-corrected chi connectivity index (χ0v) is 26.6. The van der Waals surface area contributed by atoms with Crippen molar-refractivity contribution in [2.75, 3.05) is 4.90 Å². The second-order valence-corrected chi connectivity index (χ2v) is 14.2. The highest BCUT2D eigenvalue weighted by atomic mass is 15.3. The molecule has 0 atom stereocenters. The molecule has 0 radical (unpaired) electrons. The minimum Gasteiger partial charge on any atom is -0.366 e. The minimum absolute atomic E-state index is 0.620. The van der Waals surface area contributed by atoms with Gasteiger partial charge < -0.3 is 4.90 Å². The van der Waals surface area contributed by atoms with Crippen LogP contribution < -0.4 is 4.90 Å². The monoisotopic (exact) mass is 622 g/mol. The quantitative estimate of drug-likeness (QED) is 0.196. The molecule has 0 unspecified atom stereocenters. The fourth-order valence-corrected chi connectivity index (χ4v) is 9.72. The average molecular weight is 623 g/mol. The molecule has 12 rings (SSSR count). The first-order valence-corrected chi connectivity index (χ1v) is 17.4. The summed E-state index contributed by atoms with van der Waals surface area (Å²) in [6.45, 7) is 0. The number of para-hydroxylation sites is 4. The van der Waals surface area contributed by atoms with Crippen molar-refractivity contribution in [3.05, 3.63) is 121 Å². The summed E-state index contributed by atoms with van der Waals surface area (Å²) in [7, 11) is 0. The maximum atomic E-state index is 5.31. The highest BCUT2D eigenvalue weighted by molar-refractivity contribution is 6.10. The van der Waals surface area contributed by atoms with Gasteiger partial charge in [0.15, 0.2) is 5.82 Å². The van der Waals surface area contributed by atoms with Gasteiger partial charge in [-0.15, -0.1) is 0 Å². The summed E-state index contributed by atoms with van der Waals surface area (Å²) in [5.74, 6) is 3.76. The number of benzene rings is 5. The molecule has 2 saturated heterocycles. The number of hydrogen-bond donors (Lipinski definition) is 0. The number of anilines is 1. The fourth-order valence-electron chi connectivity index (χ4n) is 9.72. The van der Waals surface area contributed by atoms with Crippen LogP contribution >= 0.6 is 0 Å². The second-order valence-electron chi connectivity index (χ2n) is 14.2. The topological polar surface area (TPSA) is 51.8 Å². The Kier molecular flexibility index (Phi) is 5.54. The van der Waals surface area contributed by atoms with Gasteiger partial charge >= 0.3 is 0 Å². The first kappa shape index (κ1) is 26.6. The lowest BCUT2D eigenvalue weighted by atomic mass is 9.63. The van der Waals surface area contributed by atoms with Crippen LogP contribution in [0.3, 0.4) is 0 Å². The van der Waals surface area contributed by atoms with Gasteiger partial charge in [-0.2, -0.15) is 15.0 Å². The third-order valence-corrected chi connectivity index (χ3v) is 11.4. The van der Waals surface area contributed by atoms with Gasteiger partial charge in [-0.1, -0.05) is 84.9 Å². The molecule has 3 aromatic heterocycles. The van der Waals surface area contributed by atoms with E-state index >= 15 is 0 Å². The van der Waals surface area contributed by atoms with Gasteiger partial charge in [0.2, 0.25) is 11.9 Å². The van der Waals surface area contributed by atoms with Crippen LogP contribution in [0, 0.1) is 11.8 Å². The first-order valence-electron chi connectivity index (χ1n) is 17.4. The number of aromatic nitrogens is 5. The highest BCUT2D eigenvalue weighted by Crippen LogP contribution is 2.50. The Balaban J connectivity index is 1.16. The second kappa shape index (κ2) is 10.0. The van der Waals surface area contributed by atoms with Crippen molar-refractivity contribution in [1.29, 1.82) is 0 Å². The van der Waals surface area contributed by atoms with Crippen molar-refractivity contribution in [3.63, 3.8) is 0 Å². The van der Waals surface area contributed by atoms with Crippen molar-refractivity contribution in [3.8, 4) is 23.3 Å². The third kappa shape index (κ3) is 3.83. The molecule has 2 aliphatic carbocycles. The molecule has 2 aliphatic heterocycles. The lowest BCUT2D eigenvalue weighted by Gasteiger charge is -2.57. The summed E-state index contributed by atoms with van der Waals surface area (Å²) in [6.07, 6.45) is 6.78. The van der Waals surface area contributed by atoms with Crippen LogP contribution in [0.15, 0.2) is 121 Å². The van der Waals surface area contributed by atoms with E-state index in [1.54, 1.807) is 0 Å². The van der Waals surface area contributed by atoms with E-state index in [2.05, 4.69) is 135 Å². The normalized spacial score (nSPS) is 21.7. The summed E-state index contributed by atoms with van der Waals surface area (Å²) < 4.78 is 4.41. The van der Waals surface area contributed by atoms with Gasteiger partial charge in [-0.3, -0.25) is 9.13 Å². The van der Waals surface area contributed by atoms with E-state index in [9.17, 15) is 0 Å². The fraction of sp³-hybridized carbons (Fsp3) is 0.214. The largest absolute Gasteiger partial charge is 0.366 e. The maximum absolute atomic E-state index is 5.31. The summed E-state index contributed by atoms with van der Waals surface area (Å²) in [6, 6.07) is 44.5. The Labute approximate surface area is 278 Å². The molecule has 4 aliphatic rings. The Hall–Kier alpha value is -5.49. The van der Waals surface area contributed by atoms with Crippen molar-refractivity contribution in [1.82, 2.24) is 24.1 Å². The standard InChI is InChI=1S/C42H34N6/c1-5-16-36-32(12-1)33-13-2-6-17-37(33)47(36)41-43-40(28-10-9-11-29(25-28)46-30-21-26-20-27(23-30)24-31(46)22-26)44-42(45-41)48-38-18-7-3-14-34(38)35-15-4-8-19-39(35)48/h1-19,25-27,30-31H,20-24H2. The number of piperidine rings is 2. The Morgan fingerprint density at radius 3 is 1.33 bits per heavy atom. The van der Waals surface area contributed by atoms with Crippen LogP contribution in [0.5, 0.6) is 0 Å². The predicted molar refractivity (Wildman–Crippen MR) is 194 cm³/mol. The molecule has 5 aromatic carbocycles.